The summed E-state index contributed by atoms with van der Waals surface area (Å²) < 4.78 is 5.31. The van der Waals surface area contributed by atoms with Crippen LogP contribution in [0.2, 0.25) is 0 Å². The van der Waals surface area contributed by atoms with Crippen LogP contribution in [0.1, 0.15) is 11.5 Å². The number of hydrogen-bond donors (Lipinski definition) is 1. The predicted molar refractivity (Wildman–Crippen MR) is 62.1 cm³/mol. The lowest BCUT2D eigenvalue weighted by atomic mass is 10.3. The van der Waals surface area contributed by atoms with Crippen molar-refractivity contribution in [3.63, 3.8) is 0 Å². The third-order valence-electron chi connectivity index (χ3n) is 2.50. The van der Waals surface area contributed by atoms with Gasteiger partial charge in [-0.25, -0.2) is 0 Å². The first-order valence-electron chi connectivity index (χ1n) is 5.45. The molecule has 17 heavy (non-hydrogen) atoms. The van der Waals surface area contributed by atoms with Gasteiger partial charge in [0.2, 0.25) is 11.8 Å². The van der Waals surface area contributed by atoms with Crippen LogP contribution in [0.15, 0.2) is 22.6 Å². The Morgan fingerprint density at radius 3 is 3.00 bits per heavy atom. The maximum absolute atomic E-state index is 11.7. The number of nitrogens with zero attached hydrogens (tertiary/aromatic N) is 1. The van der Waals surface area contributed by atoms with Gasteiger partial charge in [-0.3, -0.25) is 9.59 Å². The number of hydrogen-bond acceptors (Lipinski definition) is 3. The Bertz CT molecular complexity index is 462. The SMILES string of the molecule is Cc1ccc(C=CC(=O)N2CCNC(=O)C2)o1. The van der Waals surface area contributed by atoms with Crippen molar-refractivity contribution in [1.82, 2.24) is 10.2 Å². The Kier molecular flexibility index (Phi) is 3.27. The van der Waals surface area contributed by atoms with Crippen LogP contribution in [0.25, 0.3) is 6.08 Å². The molecule has 90 valence electrons. The van der Waals surface area contributed by atoms with Crippen LogP contribution in [-0.2, 0) is 9.59 Å². The molecule has 0 radical (unpaired) electrons. The molecule has 5 heteroatoms. The zero-order valence-electron chi connectivity index (χ0n) is 9.60. The smallest absolute Gasteiger partial charge is 0.247 e. The quantitative estimate of drug-likeness (QED) is 0.760. The van der Waals surface area contributed by atoms with E-state index in [1.54, 1.807) is 12.1 Å². The van der Waals surface area contributed by atoms with Crippen molar-refractivity contribution in [2.75, 3.05) is 19.6 Å². The van der Waals surface area contributed by atoms with Crippen LogP contribution in [0.5, 0.6) is 0 Å². The van der Waals surface area contributed by atoms with Gasteiger partial charge in [0.1, 0.15) is 11.5 Å². The van der Waals surface area contributed by atoms with E-state index in [2.05, 4.69) is 5.32 Å². The number of piperazine rings is 1. The number of carbonyl (C=O) groups excluding carboxylic acids is 2. The predicted octanol–water partition coefficient (Wildman–Crippen LogP) is 0.560. The normalized spacial score (nSPS) is 16.3. The molecule has 0 atom stereocenters. The fraction of sp³-hybridized carbons (Fsp3) is 0.333. The van der Waals surface area contributed by atoms with Crippen molar-refractivity contribution in [3.8, 4) is 0 Å². The molecule has 0 unspecified atom stereocenters. The van der Waals surface area contributed by atoms with Gasteiger partial charge in [0.05, 0.1) is 6.54 Å². The Labute approximate surface area is 99.1 Å². The Balaban J connectivity index is 1.96. The first-order valence-corrected chi connectivity index (χ1v) is 5.45. The first-order chi connectivity index (χ1) is 8.15. The summed E-state index contributed by atoms with van der Waals surface area (Å²) in [6, 6.07) is 3.63. The van der Waals surface area contributed by atoms with Crippen molar-refractivity contribution in [2.24, 2.45) is 0 Å². The van der Waals surface area contributed by atoms with Crippen molar-refractivity contribution >= 4 is 17.9 Å². The molecule has 1 aromatic rings. The topological polar surface area (TPSA) is 62.6 Å². The van der Waals surface area contributed by atoms with E-state index in [1.165, 1.54) is 11.0 Å². The minimum atomic E-state index is -0.172. The number of nitrogens with one attached hydrogen (secondary N) is 1. The Morgan fingerprint density at radius 2 is 2.35 bits per heavy atom. The molecule has 1 aliphatic heterocycles. The highest BCUT2D eigenvalue weighted by molar-refractivity contribution is 5.94. The lowest BCUT2D eigenvalue weighted by Gasteiger charge is -2.25. The fourth-order valence-corrected chi connectivity index (χ4v) is 1.63. The minimum absolute atomic E-state index is 0.119. The van der Waals surface area contributed by atoms with Crippen molar-refractivity contribution in [2.45, 2.75) is 6.92 Å². The largest absolute Gasteiger partial charge is 0.462 e. The van der Waals surface area contributed by atoms with E-state index < -0.39 is 0 Å². The first kappa shape index (κ1) is 11.4. The molecule has 0 saturated carbocycles. The highest BCUT2D eigenvalue weighted by Gasteiger charge is 2.18. The van der Waals surface area contributed by atoms with Gasteiger partial charge in [-0.15, -0.1) is 0 Å². The van der Waals surface area contributed by atoms with Crippen LogP contribution in [0.3, 0.4) is 0 Å². The lowest BCUT2D eigenvalue weighted by molar-refractivity contribution is -0.134. The highest BCUT2D eigenvalue weighted by Crippen LogP contribution is 2.08. The van der Waals surface area contributed by atoms with E-state index >= 15 is 0 Å². The molecule has 1 aromatic heterocycles. The van der Waals surface area contributed by atoms with Crippen LogP contribution >= 0.6 is 0 Å². The number of amides is 2. The number of rotatable bonds is 2. The summed E-state index contributed by atoms with van der Waals surface area (Å²) in [7, 11) is 0. The molecule has 1 N–H and O–H groups in total. The molecule has 1 saturated heterocycles. The summed E-state index contributed by atoms with van der Waals surface area (Å²) in [6.45, 7) is 3.03. The van der Waals surface area contributed by atoms with Gasteiger partial charge in [-0.05, 0) is 25.1 Å². The summed E-state index contributed by atoms with van der Waals surface area (Å²) in [6.07, 6.45) is 3.04. The highest BCUT2D eigenvalue weighted by atomic mass is 16.3. The van der Waals surface area contributed by atoms with E-state index in [9.17, 15) is 9.59 Å². The molecule has 0 aromatic carbocycles. The molecule has 5 nitrogen and oxygen atoms in total. The summed E-state index contributed by atoms with van der Waals surface area (Å²) in [5, 5.41) is 2.67. The summed E-state index contributed by atoms with van der Waals surface area (Å²) in [5.41, 5.74) is 0. The minimum Gasteiger partial charge on any atom is -0.462 e. The molecule has 0 aliphatic carbocycles. The van der Waals surface area contributed by atoms with Crippen molar-refractivity contribution < 1.29 is 14.0 Å². The number of carbonyl (C=O) groups is 2. The molecule has 2 amide bonds. The summed E-state index contributed by atoms with van der Waals surface area (Å²) in [4.78, 5) is 24.4. The number of furan rings is 1. The van der Waals surface area contributed by atoms with Gasteiger partial charge in [0, 0.05) is 19.2 Å². The zero-order valence-corrected chi connectivity index (χ0v) is 9.60. The molecule has 0 spiro atoms. The van der Waals surface area contributed by atoms with Gasteiger partial charge in [0.15, 0.2) is 0 Å². The van der Waals surface area contributed by atoms with Gasteiger partial charge >= 0.3 is 0 Å². The second kappa shape index (κ2) is 4.86. The second-order valence-corrected chi connectivity index (χ2v) is 3.89. The second-order valence-electron chi connectivity index (χ2n) is 3.89. The van der Waals surface area contributed by atoms with Crippen LogP contribution in [-0.4, -0.2) is 36.3 Å². The van der Waals surface area contributed by atoms with Gasteiger partial charge in [0.25, 0.3) is 0 Å². The monoisotopic (exact) mass is 234 g/mol. The van der Waals surface area contributed by atoms with E-state index in [0.717, 1.165) is 5.76 Å². The van der Waals surface area contributed by atoms with Crippen LogP contribution < -0.4 is 5.32 Å². The average Bonchev–Trinajstić information content (AvgIpc) is 2.72. The molecule has 2 heterocycles. The van der Waals surface area contributed by atoms with Crippen molar-refractivity contribution in [1.29, 1.82) is 0 Å². The molecule has 0 bridgehead atoms. The van der Waals surface area contributed by atoms with E-state index in [1.807, 2.05) is 13.0 Å². The van der Waals surface area contributed by atoms with E-state index in [-0.39, 0.29) is 18.4 Å². The van der Waals surface area contributed by atoms with Crippen molar-refractivity contribution in [3.05, 3.63) is 29.7 Å². The third kappa shape index (κ3) is 2.96. The van der Waals surface area contributed by atoms with E-state index in [4.69, 9.17) is 4.42 Å². The number of aryl methyl sites for hydroxylation is 1. The van der Waals surface area contributed by atoms with Gasteiger partial charge < -0.3 is 14.6 Å². The molecular weight excluding hydrogens is 220 g/mol. The lowest BCUT2D eigenvalue weighted by Crippen LogP contribution is -2.49. The van der Waals surface area contributed by atoms with Crippen LogP contribution in [0, 0.1) is 6.92 Å². The Morgan fingerprint density at radius 1 is 1.53 bits per heavy atom. The van der Waals surface area contributed by atoms with Gasteiger partial charge in [-0.1, -0.05) is 0 Å². The average molecular weight is 234 g/mol. The van der Waals surface area contributed by atoms with Crippen LogP contribution in [0.4, 0.5) is 0 Å². The standard InChI is InChI=1S/C12H14N2O3/c1-9-2-3-10(17-9)4-5-12(16)14-7-6-13-11(15)8-14/h2-5H,6-8H2,1H3,(H,13,15). The van der Waals surface area contributed by atoms with Gasteiger partial charge in [-0.2, -0.15) is 0 Å². The van der Waals surface area contributed by atoms with E-state index in [0.29, 0.717) is 18.8 Å². The summed E-state index contributed by atoms with van der Waals surface area (Å²) in [5.74, 6) is 1.15. The fourth-order valence-electron chi connectivity index (χ4n) is 1.63. The molecule has 2 rings (SSSR count). The molecule has 1 aliphatic rings. The molecular formula is C12H14N2O3. The maximum atomic E-state index is 11.7. The zero-order chi connectivity index (χ0) is 12.3. The Hall–Kier alpha value is -2.04. The third-order valence-corrected chi connectivity index (χ3v) is 2.50. The summed E-state index contributed by atoms with van der Waals surface area (Å²) >= 11 is 0. The molecule has 1 fully saturated rings. The maximum Gasteiger partial charge on any atom is 0.247 e.